The third-order valence-corrected chi connectivity index (χ3v) is 13.3. The van der Waals surface area contributed by atoms with Crippen LogP contribution < -0.4 is 0 Å². The molecule has 0 saturated carbocycles. The first-order chi connectivity index (χ1) is 26.7. The summed E-state index contributed by atoms with van der Waals surface area (Å²) in [5.74, 6) is 1.81. The maximum Gasteiger partial charge on any atom is 0.335 e. The fourth-order valence-electron chi connectivity index (χ4n) is 10.1. The number of hydrogen-bond acceptors (Lipinski definition) is 5. The molecule has 55 heavy (non-hydrogen) atoms. The Morgan fingerprint density at radius 1 is 0.745 bits per heavy atom. The maximum atomic E-state index is 13.2. The van der Waals surface area contributed by atoms with Crippen LogP contribution in [0.2, 0.25) is 0 Å². The fourth-order valence-corrected chi connectivity index (χ4v) is 10.1. The molecule has 1 N–H and O–H groups in total. The van der Waals surface area contributed by atoms with E-state index in [0.29, 0.717) is 29.5 Å². The number of nitrogens with zero attached hydrogens (tertiary/aromatic N) is 3. The molecule has 2 aromatic carbocycles. The molecule has 2 aliphatic heterocycles. The molecule has 296 valence electrons. The molecule has 4 aromatic rings. The quantitative estimate of drug-likeness (QED) is 0.177. The maximum absolute atomic E-state index is 13.2. The summed E-state index contributed by atoms with van der Waals surface area (Å²) in [4.78, 5) is 38.2. The van der Waals surface area contributed by atoms with Gasteiger partial charge in [0.15, 0.2) is 5.78 Å². The van der Waals surface area contributed by atoms with Gasteiger partial charge < -0.3 is 28.6 Å². The Bertz CT molecular complexity index is 2020. The number of likely N-dealkylation sites (N-methyl/N-ethyl adjacent to an activating group) is 1. The van der Waals surface area contributed by atoms with Crippen LogP contribution in [0.25, 0.3) is 21.8 Å². The van der Waals surface area contributed by atoms with Gasteiger partial charge in [-0.25, -0.2) is 4.79 Å². The first-order valence-electron chi connectivity index (χ1n) is 20.6. The van der Waals surface area contributed by atoms with Gasteiger partial charge in [0.1, 0.15) is 0 Å². The van der Waals surface area contributed by atoms with E-state index in [1.165, 1.54) is 59.1 Å². The Labute approximate surface area is 324 Å². The number of aromatic carboxylic acids is 1. The van der Waals surface area contributed by atoms with E-state index in [-0.39, 0.29) is 31.1 Å². The Kier molecular flexibility index (Phi) is 12.4. The summed E-state index contributed by atoms with van der Waals surface area (Å²) in [5.41, 5.74) is 8.90. The van der Waals surface area contributed by atoms with Crippen LogP contribution >= 0.6 is 0 Å². The van der Waals surface area contributed by atoms with Gasteiger partial charge >= 0.3 is 5.97 Å². The van der Waals surface area contributed by atoms with Gasteiger partial charge in [-0.15, -0.1) is 0 Å². The van der Waals surface area contributed by atoms with Gasteiger partial charge in [0.25, 0.3) is 5.91 Å². The summed E-state index contributed by atoms with van der Waals surface area (Å²) in [6, 6.07) is 11.5. The highest BCUT2D eigenvalue weighted by Gasteiger charge is 2.32. The number of alkyl halides is 1. The number of carboxylic acid groups (broad SMARTS) is 1. The lowest BCUT2D eigenvalue weighted by Gasteiger charge is -2.33. The Balaban J connectivity index is 0.000000178. The number of carbonyl (C=O) groups excluding carboxylic acids is 2. The molecule has 2 fully saturated rings. The van der Waals surface area contributed by atoms with Gasteiger partial charge in [-0.2, -0.15) is 0 Å². The van der Waals surface area contributed by atoms with E-state index in [9.17, 15) is 23.9 Å². The Morgan fingerprint density at radius 3 is 1.71 bits per heavy atom. The molecule has 4 aliphatic rings. The van der Waals surface area contributed by atoms with Crippen molar-refractivity contribution in [2.45, 2.75) is 84.0 Å². The van der Waals surface area contributed by atoms with E-state index in [0.717, 1.165) is 87.7 Å². The summed E-state index contributed by atoms with van der Waals surface area (Å²) in [6.45, 7) is 5.42. The van der Waals surface area contributed by atoms with Crippen LogP contribution in [-0.4, -0.2) is 83.0 Å². The standard InChI is InChI=1S/C26H35FN2O3.C19H23NO3/c1-3-29(17-21(30)5-4-12-27)26(31)20-7-9-25-23(16-20)22-15-19(6-8-24(22)28(25)2)18-10-13-32-14-11-18;1-20-17-4-2-13(12-6-8-23-9-7-12)10-15(17)16-11-14(19(21)22)3-5-18(16)20/h7,9,16,18-19H,3-6,8,10-15,17H2,1-2H3;3,5,11-13H,2,4,6-10H2,1H3,(H,21,22). The molecule has 0 bridgehead atoms. The smallest absolute Gasteiger partial charge is 0.335 e. The second-order valence-electron chi connectivity index (χ2n) is 16.3. The third-order valence-electron chi connectivity index (χ3n) is 13.3. The van der Waals surface area contributed by atoms with Crippen molar-refractivity contribution in [1.82, 2.24) is 14.0 Å². The number of ether oxygens (including phenoxy) is 2. The zero-order valence-corrected chi connectivity index (χ0v) is 32.9. The minimum atomic E-state index is -0.846. The highest BCUT2D eigenvalue weighted by atomic mass is 19.1. The van der Waals surface area contributed by atoms with E-state index in [2.05, 4.69) is 23.2 Å². The molecule has 2 aliphatic carbocycles. The second kappa shape index (κ2) is 17.4. The molecule has 0 spiro atoms. The van der Waals surface area contributed by atoms with Gasteiger partial charge in [-0.3, -0.25) is 14.0 Å². The van der Waals surface area contributed by atoms with Gasteiger partial charge in [0.05, 0.1) is 18.8 Å². The van der Waals surface area contributed by atoms with Crippen LogP contribution in [0.1, 0.15) is 102 Å². The average Bonchev–Trinajstić information content (AvgIpc) is 3.67. The third kappa shape index (κ3) is 8.27. The predicted octanol–water partition coefficient (Wildman–Crippen LogP) is 7.90. The van der Waals surface area contributed by atoms with E-state index in [1.807, 2.05) is 37.3 Å². The van der Waals surface area contributed by atoms with Crippen molar-refractivity contribution in [2.24, 2.45) is 37.8 Å². The van der Waals surface area contributed by atoms with Crippen LogP contribution in [-0.2, 0) is 54.0 Å². The van der Waals surface area contributed by atoms with E-state index >= 15 is 0 Å². The van der Waals surface area contributed by atoms with Crippen molar-refractivity contribution in [3.05, 3.63) is 70.0 Å². The number of rotatable bonds is 10. The normalized spacial score (nSPS) is 20.4. The van der Waals surface area contributed by atoms with E-state index in [4.69, 9.17) is 9.47 Å². The number of carbonyl (C=O) groups is 3. The van der Waals surface area contributed by atoms with Crippen molar-refractivity contribution >= 4 is 39.5 Å². The molecule has 2 saturated heterocycles. The van der Waals surface area contributed by atoms with Gasteiger partial charge in [-0.1, -0.05) is 0 Å². The van der Waals surface area contributed by atoms with Crippen molar-refractivity contribution in [2.75, 3.05) is 46.2 Å². The zero-order valence-electron chi connectivity index (χ0n) is 32.9. The lowest BCUT2D eigenvalue weighted by molar-refractivity contribution is -0.119. The minimum absolute atomic E-state index is 0.0477. The monoisotopic (exact) mass is 755 g/mol. The molecule has 2 aromatic heterocycles. The van der Waals surface area contributed by atoms with Crippen molar-refractivity contribution in [3.63, 3.8) is 0 Å². The first kappa shape index (κ1) is 39.2. The molecule has 10 heteroatoms. The van der Waals surface area contributed by atoms with Crippen LogP contribution in [0.4, 0.5) is 4.39 Å². The van der Waals surface area contributed by atoms with Crippen LogP contribution in [0.3, 0.4) is 0 Å². The number of carboxylic acids is 1. The highest BCUT2D eigenvalue weighted by molar-refractivity contribution is 6.01. The van der Waals surface area contributed by atoms with Gasteiger partial charge in [-0.05, 0) is 149 Å². The van der Waals surface area contributed by atoms with Crippen molar-refractivity contribution in [3.8, 4) is 0 Å². The van der Waals surface area contributed by atoms with Crippen LogP contribution in [0, 0.1) is 23.7 Å². The fraction of sp³-hybridized carbons (Fsp3) is 0.578. The molecular formula is C45H58FN3O6. The second-order valence-corrected chi connectivity index (χ2v) is 16.3. The predicted molar refractivity (Wildman–Crippen MR) is 213 cm³/mol. The molecule has 2 unspecified atom stereocenters. The largest absolute Gasteiger partial charge is 0.478 e. The topological polar surface area (TPSA) is 103 Å². The van der Waals surface area contributed by atoms with Crippen molar-refractivity contribution < 1.29 is 33.4 Å². The van der Waals surface area contributed by atoms with Gasteiger partial charge in [0, 0.05) is 92.2 Å². The van der Waals surface area contributed by atoms with Crippen LogP contribution in [0.5, 0.6) is 0 Å². The first-order valence-corrected chi connectivity index (χ1v) is 20.6. The minimum Gasteiger partial charge on any atom is -0.478 e. The average molecular weight is 756 g/mol. The van der Waals surface area contributed by atoms with Gasteiger partial charge in [0.2, 0.25) is 0 Å². The lowest BCUT2D eigenvalue weighted by Crippen LogP contribution is -2.35. The molecular weight excluding hydrogens is 698 g/mol. The molecule has 2 atom stereocenters. The summed E-state index contributed by atoms with van der Waals surface area (Å²) in [5, 5.41) is 11.6. The number of fused-ring (bicyclic) bond motifs is 6. The Hall–Kier alpha value is -4.02. The number of ketones is 1. The number of hydrogen-bond donors (Lipinski definition) is 1. The summed E-state index contributed by atoms with van der Waals surface area (Å²) in [7, 11) is 4.23. The van der Waals surface area contributed by atoms with Crippen LogP contribution in [0.15, 0.2) is 36.4 Å². The lowest BCUT2D eigenvalue weighted by atomic mass is 9.75. The molecule has 8 rings (SSSR count). The number of benzene rings is 2. The SMILES string of the molecule is CCN(CC(=O)CCCF)C(=O)c1ccc2c(c1)c1c(n2C)CCC(C2CCOCC2)C1.Cn1c2c(c3cc(C(=O)O)ccc31)CC(C1CCOCC1)CC2. The van der Waals surface area contributed by atoms with Crippen molar-refractivity contribution in [1.29, 1.82) is 0 Å². The van der Waals surface area contributed by atoms with E-state index < -0.39 is 12.6 Å². The number of amides is 1. The highest BCUT2D eigenvalue weighted by Crippen LogP contribution is 2.41. The summed E-state index contributed by atoms with van der Waals surface area (Å²) in [6.07, 6.45) is 11.8. The molecule has 9 nitrogen and oxygen atoms in total. The number of halogens is 1. The number of Topliss-reactive ketones (excluding diaryl/α,β-unsaturated/α-hetero) is 1. The molecule has 1 amide bonds. The molecule has 4 heterocycles. The Morgan fingerprint density at radius 2 is 1.24 bits per heavy atom. The summed E-state index contributed by atoms with van der Waals surface area (Å²) >= 11 is 0. The van der Waals surface area contributed by atoms with E-state index in [1.54, 1.807) is 11.0 Å². The number of aromatic nitrogens is 2. The molecule has 0 radical (unpaired) electrons. The number of aryl methyl sites for hydroxylation is 2. The zero-order chi connectivity index (χ0) is 38.6. The summed E-state index contributed by atoms with van der Waals surface area (Å²) < 4.78 is 28.0.